The summed E-state index contributed by atoms with van der Waals surface area (Å²) in [5, 5.41) is 2.39. The summed E-state index contributed by atoms with van der Waals surface area (Å²) in [5.41, 5.74) is -1.31. The first kappa shape index (κ1) is 14.4. The normalized spacial score (nSPS) is 10.0. The number of nitrogens with one attached hydrogen (secondary N) is 3. The van der Waals surface area contributed by atoms with Crippen molar-refractivity contribution >= 4 is 11.6 Å². The van der Waals surface area contributed by atoms with Crippen LogP contribution in [0.15, 0.2) is 34.0 Å². The first-order valence-electron chi connectivity index (χ1n) is 5.91. The average Bonchev–Trinajstić information content (AvgIpc) is 2.49. The summed E-state index contributed by atoms with van der Waals surface area (Å²) in [6.45, 7) is 0. The molecule has 0 radical (unpaired) electrons. The van der Waals surface area contributed by atoms with E-state index in [1.54, 1.807) is 18.2 Å². The molecule has 0 bridgehead atoms. The molecule has 3 N–H and O–H groups in total. The van der Waals surface area contributed by atoms with E-state index in [0.29, 0.717) is 11.5 Å². The predicted octanol–water partition coefficient (Wildman–Crippen LogP) is 0.333. The van der Waals surface area contributed by atoms with E-state index in [0.717, 1.165) is 6.20 Å². The Morgan fingerprint density at radius 1 is 1.14 bits per heavy atom. The number of methoxy groups -OCH3 is 2. The van der Waals surface area contributed by atoms with Crippen LogP contribution < -0.4 is 26.0 Å². The number of aromatic nitrogens is 2. The molecule has 1 heterocycles. The van der Waals surface area contributed by atoms with Crippen molar-refractivity contribution in [2.45, 2.75) is 0 Å². The summed E-state index contributed by atoms with van der Waals surface area (Å²) in [6, 6.07) is 4.85. The van der Waals surface area contributed by atoms with Crippen molar-refractivity contribution in [3.63, 3.8) is 0 Å². The van der Waals surface area contributed by atoms with Crippen LogP contribution in [0.1, 0.15) is 10.4 Å². The van der Waals surface area contributed by atoms with Gasteiger partial charge in [0.2, 0.25) is 0 Å². The van der Waals surface area contributed by atoms with Gasteiger partial charge in [0.1, 0.15) is 22.7 Å². The first-order valence-corrected chi connectivity index (χ1v) is 5.91. The zero-order valence-corrected chi connectivity index (χ0v) is 11.4. The molecule has 0 fully saturated rings. The first-order chi connectivity index (χ1) is 10.1. The minimum absolute atomic E-state index is 0.0902. The number of carbonyl (C=O) groups is 1. The second-order valence-electron chi connectivity index (χ2n) is 3.98. The van der Waals surface area contributed by atoms with Crippen LogP contribution in [-0.4, -0.2) is 30.1 Å². The molecule has 0 aliphatic heterocycles. The minimum atomic E-state index is -0.707. The molecule has 0 aliphatic carbocycles. The summed E-state index contributed by atoms with van der Waals surface area (Å²) in [6.07, 6.45) is 1.11. The molecule has 0 saturated heterocycles. The fourth-order valence-corrected chi connectivity index (χ4v) is 1.76. The van der Waals surface area contributed by atoms with Crippen LogP contribution in [0.5, 0.6) is 11.5 Å². The van der Waals surface area contributed by atoms with Crippen LogP contribution in [-0.2, 0) is 0 Å². The van der Waals surface area contributed by atoms with E-state index in [9.17, 15) is 14.4 Å². The van der Waals surface area contributed by atoms with Crippen molar-refractivity contribution in [3.8, 4) is 11.5 Å². The molecular formula is C13H13N3O5. The van der Waals surface area contributed by atoms with Crippen LogP contribution in [0, 0.1) is 0 Å². The molecule has 1 amide bonds. The third-order valence-electron chi connectivity index (χ3n) is 2.72. The fourth-order valence-electron chi connectivity index (χ4n) is 1.76. The monoisotopic (exact) mass is 291 g/mol. The van der Waals surface area contributed by atoms with E-state index in [1.807, 2.05) is 4.98 Å². The number of rotatable bonds is 4. The summed E-state index contributed by atoms with van der Waals surface area (Å²) < 4.78 is 10.2. The lowest BCUT2D eigenvalue weighted by molar-refractivity contribution is 0.102. The maximum atomic E-state index is 12.3. The Morgan fingerprint density at radius 2 is 1.76 bits per heavy atom. The van der Waals surface area contributed by atoms with Gasteiger partial charge in [-0.3, -0.25) is 14.6 Å². The average molecular weight is 291 g/mol. The Balaban J connectivity index is 2.41. The highest BCUT2D eigenvalue weighted by Gasteiger charge is 2.19. The lowest BCUT2D eigenvalue weighted by Crippen LogP contribution is -2.26. The summed E-state index contributed by atoms with van der Waals surface area (Å²) in [5.74, 6) is 0.00209. The van der Waals surface area contributed by atoms with Gasteiger partial charge in [-0.25, -0.2) is 4.79 Å². The lowest BCUT2D eigenvalue weighted by atomic mass is 10.1. The van der Waals surface area contributed by atoms with Crippen molar-refractivity contribution in [2.75, 3.05) is 19.5 Å². The minimum Gasteiger partial charge on any atom is -0.496 e. The zero-order valence-electron chi connectivity index (χ0n) is 11.4. The van der Waals surface area contributed by atoms with Crippen LogP contribution in [0.25, 0.3) is 0 Å². The summed E-state index contributed by atoms with van der Waals surface area (Å²) >= 11 is 0. The van der Waals surface area contributed by atoms with Crippen LogP contribution in [0.4, 0.5) is 5.69 Å². The van der Waals surface area contributed by atoms with Gasteiger partial charge >= 0.3 is 5.69 Å². The highest BCUT2D eigenvalue weighted by molar-refractivity contribution is 6.08. The number of H-pyrrole nitrogens is 2. The topological polar surface area (TPSA) is 113 Å². The number of benzene rings is 1. The Bertz CT molecular complexity index is 756. The maximum Gasteiger partial charge on any atom is 0.325 e. The molecule has 0 unspecified atom stereocenters. The highest BCUT2D eigenvalue weighted by atomic mass is 16.5. The smallest absolute Gasteiger partial charge is 0.325 e. The van der Waals surface area contributed by atoms with Crippen LogP contribution in [0.3, 0.4) is 0 Å². The predicted molar refractivity (Wildman–Crippen MR) is 75.2 cm³/mol. The number of anilines is 1. The van der Waals surface area contributed by atoms with Crippen LogP contribution >= 0.6 is 0 Å². The molecule has 1 aromatic heterocycles. The second-order valence-corrected chi connectivity index (χ2v) is 3.98. The largest absolute Gasteiger partial charge is 0.496 e. The number of ether oxygens (including phenoxy) is 2. The molecule has 0 aliphatic rings. The number of carbonyl (C=O) groups excluding carboxylic acids is 1. The van der Waals surface area contributed by atoms with Gasteiger partial charge in [-0.15, -0.1) is 0 Å². The SMILES string of the molecule is COc1cccc(OC)c1C(=O)Nc1c[nH]c(=O)[nH]c1=O. The third-order valence-corrected chi connectivity index (χ3v) is 2.72. The van der Waals surface area contributed by atoms with Crippen molar-refractivity contribution in [1.82, 2.24) is 9.97 Å². The molecule has 0 spiro atoms. The van der Waals surface area contributed by atoms with E-state index in [1.165, 1.54) is 14.2 Å². The molecule has 2 rings (SSSR count). The number of hydrogen-bond acceptors (Lipinski definition) is 5. The molecule has 0 atom stereocenters. The van der Waals surface area contributed by atoms with Gasteiger partial charge in [0.25, 0.3) is 11.5 Å². The number of aromatic amines is 2. The number of hydrogen-bond donors (Lipinski definition) is 3. The Hall–Kier alpha value is -3.03. The molecule has 8 heteroatoms. The van der Waals surface area contributed by atoms with Gasteiger partial charge < -0.3 is 19.8 Å². The van der Waals surface area contributed by atoms with E-state index >= 15 is 0 Å². The Kier molecular flexibility index (Phi) is 4.07. The Labute approximate surface area is 118 Å². The molecular weight excluding hydrogens is 278 g/mol. The lowest BCUT2D eigenvalue weighted by Gasteiger charge is -2.12. The van der Waals surface area contributed by atoms with Crippen molar-refractivity contribution in [3.05, 3.63) is 50.8 Å². The zero-order chi connectivity index (χ0) is 15.4. The van der Waals surface area contributed by atoms with Gasteiger partial charge in [0, 0.05) is 6.20 Å². The molecule has 110 valence electrons. The van der Waals surface area contributed by atoms with E-state index in [-0.39, 0.29) is 11.3 Å². The van der Waals surface area contributed by atoms with Gasteiger partial charge in [-0.2, -0.15) is 0 Å². The second kappa shape index (κ2) is 5.95. The molecule has 1 aromatic carbocycles. The standard InChI is InChI=1S/C13H13N3O5/c1-20-8-4-3-5-9(21-2)10(8)12(18)15-7-6-14-13(19)16-11(7)17/h3-6H,1-2H3,(H,15,18)(H2,14,16,17,19). The van der Waals surface area contributed by atoms with Gasteiger partial charge in [-0.1, -0.05) is 6.07 Å². The summed E-state index contributed by atoms with van der Waals surface area (Å²) in [7, 11) is 2.83. The van der Waals surface area contributed by atoms with Gasteiger partial charge in [0.05, 0.1) is 14.2 Å². The van der Waals surface area contributed by atoms with Crippen molar-refractivity contribution in [2.24, 2.45) is 0 Å². The quantitative estimate of drug-likeness (QED) is 0.751. The molecule has 2 aromatic rings. The molecule has 8 nitrogen and oxygen atoms in total. The fraction of sp³-hybridized carbons (Fsp3) is 0.154. The maximum absolute atomic E-state index is 12.3. The van der Waals surface area contributed by atoms with Crippen LogP contribution in [0.2, 0.25) is 0 Å². The molecule has 0 saturated carbocycles. The van der Waals surface area contributed by atoms with Crippen molar-refractivity contribution < 1.29 is 14.3 Å². The van der Waals surface area contributed by atoms with E-state index in [2.05, 4.69) is 10.3 Å². The van der Waals surface area contributed by atoms with E-state index in [4.69, 9.17) is 9.47 Å². The van der Waals surface area contributed by atoms with Gasteiger partial charge in [0.15, 0.2) is 0 Å². The number of amides is 1. The van der Waals surface area contributed by atoms with E-state index < -0.39 is 17.2 Å². The summed E-state index contributed by atoms with van der Waals surface area (Å²) in [4.78, 5) is 39.1. The highest BCUT2D eigenvalue weighted by Crippen LogP contribution is 2.28. The van der Waals surface area contributed by atoms with Crippen molar-refractivity contribution in [1.29, 1.82) is 0 Å². The van der Waals surface area contributed by atoms with Gasteiger partial charge in [-0.05, 0) is 12.1 Å². The Morgan fingerprint density at radius 3 is 2.29 bits per heavy atom. The third kappa shape index (κ3) is 2.94. The molecule has 21 heavy (non-hydrogen) atoms.